The first-order valence-electron chi connectivity index (χ1n) is 13.0. The number of hydrogen-bond donors (Lipinski definition) is 0. The Morgan fingerprint density at radius 3 is 2.20 bits per heavy atom. The van der Waals surface area contributed by atoms with Crippen LogP contribution in [0.4, 0.5) is 10.5 Å². The summed E-state index contributed by atoms with van der Waals surface area (Å²) in [5, 5.41) is 0. The molecule has 0 aromatic heterocycles. The fourth-order valence-corrected chi connectivity index (χ4v) is 5.04. The van der Waals surface area contributed by atoms with Crippen LogP contribution in [0.3, 0.4) is 0 Å². The van der Waals surface area contributed by atoms with Crippen molar-refractivity contribution >= 4 is 17.7 Å². The van der Waals surface area contributed by atoms with Crippen LogP contribution in [0, 0.1) is 6.92 Å². The predicted molar refractivity (Wildman–Crippen MR) is 144 cm³/mol. The highest BCUT2D eigenvalue weighted by Crippen LogP contribution is 2.46. The van der Waals surface area contributed by atoms with E-state index in [-0.39, 0.29) is 23.5 Å². The molecule has 2 bridgehead atoms. The first kappa shape index (κ1) is 26.8. The minimum atomic E-state index is -0.275. The molecule has 1 unspecified atom stereocenters. The Balaban J connectivity index is 2.39. The van der Waals surface area contributed by atoms with Crippen molar-refractivity contribution in [3.05, 3.63) is 52.6 Å². The molecule has 0 saturated heterocycles. The van der Waals surface area contributed by atoms with Crippen LogP contribution in [0.25, 0.3) is 11.1 Å². The van der Waals surface area contributed by atoms with Gasteiger partial charge in [0.05, 0.1) is 18.2 Å². The Bertz CT molecular complexity index is 1060. The van der Waals surface area contributed by atoms with Crippen molar-refractivity contribution in [1.29, 1.82) is 0 Å². The van der Waals surface area contributed by atoms with E-state index in [0.717, 1.165) is 65.6 Å². The second-order valence-corrected chi connectivity index (χ2v) is 10.9. The molecule has 5 heteroatoms. The van der Waals surface area contributed by atoms with Gasteiger partial charge in [0.2, 0.25) is 0 Å². The molecule has 2 aromatic carbocycles. The lowest BCUT2D eigenvalue weighted by atomic mass is 9.76. The van der Waals surface area contributed by atoms with E-state index in [1.807, 2.05) is 36.1 Å². The fourth-order valence-electron chi connectivity index (χ4n) is 5.04. The summed E-state index contributed by atoms with van der Waals surface area (Å²) in [5.74, 6) is -0.275. The molecule has 4 rings (SSSR count). The van der Waals surface area contributed by atoms with Gasteiger partial charge in [0.25, 0.3) is 0 Å². The summed E-state index contributed by atoms with van der Waals surface area (Å²) in [6.45, 7) is 13.2. The summed E-state index contributed by atoms with van der Waals surface area (Å²) < 4.78 is 5.80. The average Bonchev–Trinajstić information content (AvgIpc) is 2.79. The topological polar surface area (TPSA) is 49.9 Å². The van der Waals surface area contributed by atoms with Crippen LogP contribution in [-0.4, -0.2) is 37.6 Å². The highest BCUT2D eigenvalue weighted by molar-refractivity contribution is 6.02. The van der Waals surface area contributed by atoms with Crippen LogP contribution < -0.4 is 4.90 Å². The average molecular weight is 479 g/mol. The first-order chi connectivity index (χ1) is 16.5. The van der Waals surface area contributed by atoms with Crippen LogP contribution >= 0.6 is 0 Å². The molecule has 2 amide bonds. The zero-order valence-electron chi connectivity index (χ0n) is 22.8. The summed E-state index contributed by atoms with van der Waals surface area (Å²) >= 11 is 0. The van der Waals surface area contributed by atoms with Gasteiger partial charge >= 0.3 is 12.0 Å². The number of anilines is 1. The minimum Gasteiger partial charge on any atom is -0.462 e. The molecule has 5 nitrogen and oxygen atoms in total. The van der Waals surface area contributed by atoms with Gasteiger partial charge in [-0.3, -0.25) is 4.90 Å². The second kappa shape index (κ2) is 10.8. The van der Waals surface area contributed by atoms with E-state index in [1.54, 1.807) is 19.0 Å². The van der Waals surface area contributed by atoms with Crippen molar-refractivity contribution < 1.29 is 14.3 Å². The van der Waals surface area contributed by atoms with Gasteiger partial charge in [-0.05, 0) is 59.6 Å². The van der Waals surface area contributed by atoms with Gasteiger partial charge in [0.15, 0.2) is 0 Å². The molecule has 0 radical (unpaired) electrons. The monoisotopic (exact) mass is 478 g/mol. The maximum Gasteiger partial charge on any atom is 0.339 e. The van der Waals surface area contributed by atoms with E-state index >= 15 is 0 Å². The molecule has 2 aliphatic rings. The highest BCUT2D eigenvalue weighted by atomic mass is 16.5. The van der Waals surface area contributed by atoms with Crippen molar-refractivity contribution in [3.8, 4) is 11.1 Å². The fraction of sp³-hybridized carbons (Fsp3) is 0.533. The summed E-state index contributed by atoms with van der Waals surface area (Å²) in [6.07, 6.45) is 4.63. The number of amides is 2. The Morgan fingerprint density at radius 1 is 1.03 bits per heavy atom. The third-order valence-corrected chi connectivity index (χ3v) is 6.89. The molecule has 0 N–H and O–H groups in total. The standard InChI is InChI=1S/C30H42N2O3/c1-9-11-13-25-23-19-24(30(4,5)6)20(3)26(28(33)35-18-12-10-2)27(23)21-14-16-22(17-15-21)32(25)29(34)31(7)8/h14-17,19,25H,9-13,18H2,1-8H3. The molecule has 0 aliphatic carbocycles. The predicted octanol–water partition coefficient (Wildman–Crippen LogP) is 7.65. The number of nitrogens with zero attached hydrogens (tertiary/aromatic N) is 2. The number of esters is 1. The van der Waals surface area contributed by atoms with E-state index in [4.69, 9.17) is 4.74 Å². The molecule has 0 fully saturated rings. The third-order valence-electron chi connectivity index (χ3n) is 6.89. The van der Waals surface area contributed by atoms with Gasteiger partial charge in [-0.15, -0.1) is 0 Å². The number of carbonyl (C=O) groups is 2. The van der Waals surface area contributed by atoms with E-state index in [0.29, 0.717) is 12.2 Å². The molecule has 2 heterocycles. The second-order valence-electron chi connectivity index (χ2n) is 10.9. The molecule has 0 saturated carbocycles. The quantitative estimate of drug-likeness (QED) is 0.303. The molecular weight excluding hydrogens is 436 g/mol. The molecule has 2 aromatic rings. The van der Waals surface area contributed by atoms with Gasteiger partial charge in [-0.2, -0.15) is 0 Å². The van der Waals surface area contributed by atoms with Crippen molar-refractivity contribution in [2.75, 3.05) is 25.6 Å². The Hall–Kier alpha value is -2.82. The Labute approximate surface area is 211 Å². The molecule has 0 spiro atoms. The van der Waals surface area contributed by atoms with Crippen molar-refractivity contribution in [3.63, 3.8) is 0 Å². The van der Waals surface area contributed by atoms with Crippen LogP contribution in [0.1, 0.15) is 99.8 Å². The van der Waals surface area contributed by atoms with Crippen molar-refractivity contribution in [2.45, 2.75) is 85.1 Å². The number of urea groups is 1. The molecule has 35 heavy (non-hydrogen) atoms. The Kier molecular flexibility index (Phi) is 8.30. The van der Waals surface area contributed by atoms with Gasteiger partial charge in [0.1, 0.15) is 0 Å². The lowest BCUT2D eigenvalue weighted by Gasteiger charge is -2.38. The molecule has 2 aliphatic heterocycles. The van der Waals surface area contributed by atoms with Gasteiger partial charge in [0, 0.05) is 25.3 Å². The third kappa shape index (κ3) is 5.39. The number of carbonyl (C=O) groups excluding carboxylic acids is 2. The normalized spacial score (nSPS) is 14.9. The van der Waals surface area contributed by atoms with Gasteiger partial charge < -0.3 is 9.64 Å². The SMILES string of the molecule is CCCCOC(=O)c1c(C)c(C(C)(C)C)cc2c1-c1ccc(cc1)N(C(=O)N(C)C)C2CCCC. The van der Waals surface area contributed by atoms with E-state index in [2.05, 4.69) is 40.7 Å². The van der Waals surface area contributed by atoms with Gasteiger partial charge in [-0.25, -0.2) is 9.59 Å². The molecular formula is C30H42N2O3. The summed E-state index contributed by atoms with van der Waals surface area (Å²) in [5.41, 5.74) is 6.35. The van der Waals surface area contributed by atoms with Crippen molar-refractivity contribution in [2.24, 2.45) is 0 Å². The number of hydrogen-bond acceptors (Lipinski definition) is 3. The van der Waals surface area contributed by atoms with E-state index in [9.17, 15) is 9.59 Å². The number of fused-ring (bicyclic) bond motifs is 3. The van der Waals surface area contributed by atoms with Crippen LogP contribution in [-0.2, 0) is 10.2 Å². The van der Waals surface area contributed by atoms with Crippen molar-refractivity contribution in [1.82, 2.24) is 4.90 Å². The molecule has 1 atom stereocenters. The minimum absolute atomic E-state index is 0.0586. The zero-order valence-corrected chi connectivity index (χ0v) is 22.8. The van der Waals surface area contributed by atoms with E-state index in [1.165, 1.54) is 0 Å². The smallest absolute Gasteiger partial charge is 0.339 e. The first-order valence-corrected chi connectivity index (χ1v) is 13.0. The largest absolute Gasteiger partial charge is 0.462 e. The maximum atomic E-state index is 13.6. The number of rotatable bonds is 7. The van der Waals surface area contributed by atoms with Crippen LogP contribution in [0.15, 0.2) is 30.3 Å². The number of benzene rings is 2. The summed E-state index contributed by atoms with van der Waals surface area (Å²) in [6, 6.07) is 10.1. The highest BCUT2D eigenvalue weighted by Gasteiger charge is 2.36. The van der Waals surface area contributed by atoms with E-state index < -0.39 is 0 Å². The lowest BCUT2D eigenvalue weighted by Crippen LogP contribution is -2.42. The number of ether oxygens (including phenoxy) is 1. The summed E-state index contributed by atoms with van der Waals surface area (Å²) in [4.78, 5) is 30.7. The Morgan fingerprint density at radius 2 is 1.66 bits per heavy atom. The van der Waals surface area contributed by atoms with Gasteiger partial charge in [-0.1, -0.05) is 72.1 Å². The zero-order chi connectivity index (χ0) is 25.9. The summed E-state index contributed by atoms with van der Waals surface area (Å²) in [7, 11) is 3.58. The van der Waals surface area contributed by atoms with Crippen LogP contribution in [0.2, 0.25) is 0 Å². The maximum absolute atomic E-state index is 13.6. The molecule has 190 valence electrons. The number of unbranched alkanes of at least 4 members (excludes halogenated alkanes) is 2. The van der Waals surface area contributed by atoms with Crippen LogP contribution in [0.5, 0.6) is 0 Å². The lowest BCUT2D eigenvalue weighted by molar-refractivity contribution is 0.0499.